The van der Waals surface area contributed by atoms with E-state index in [2.05, 4.69) is 19.2 Å². The maximum atomic E-state index is 12.5. The molecule has 36 heavy (non-hydrogen) atoms. The topological polar surface area (TPSA) is 81.7 Å². The molecule has 1 fully saturated rings. The second kappa shape index (κ2) is 22.6. The average molecular weight is 510 g/mol. The molecule has 1 aliphatic heterocycles. The van der Waals surface area contributed by atoms with Crippen LogP contribution in [0.5, 0.6) is 0 Å². The van der Waals surface area contributed by atoms with Gasteiger partial charge in [0.2, 0.25) is 5.91 Å². The van der Waals surface area contributed by atoms with Gasteiger partial charge >= 0.3 is 11.9 Å². The van der Waals surface area contributed by atoms with E-state index in [-0.39, 0.29) is 24.3 Å². The third-order valence-electron chi connectivity index (χ3n) is 7.10. The molecule has 0 unspecified atom stereocenters. The Labute approximate surface area is 221 Å². The molecule has 0 aromatic heterocycles. The van der Waals surface area contributed by atoms with Crippen LogP contribution in [0.15, 0.2) is 0 Å². The van der Waals surface area contributed by atoms with Crippen LogP contribution in [0.1, 0.15) is 155 Å². The number of nitrogens with one attached hydrogen (secondary N) is 1. The Morgan fingerprint density at radius 1 is 0.806 bits per heavy atom. The molecule has 1 rings (SSSR count). The van der Waals surface area contributed by atoms with Gasteiger partial charge in [0.05, 0.1) is 13.0 Å². The second-order valence-corrected chi connectivity index (χ2v) is 10.6. The summed E-state index contributed by atoms with van der Waals surface area (Å²) in [7, 11) is 0. The zero-order chi connectivity index (χ0) is 26.3. The van der Waals surface area contributed by atoms with Crippen LogP contribution in [0.4, 0.5) is 0 Å². The van der Waals surface area contributed by atoms with Gasteiger partial charge in [-0.2, -0.15) is 0 Å². The Hall–Kier alpha value is -1.59. The summed E-state index contributed by atoms with van der Waals surface area (Å²) in [5.41, 5.74) is 0. The number of esters is 2. The quantitative estimate of drug-likeness (QED) is 0.107. The summed E-state index contributed by atoms with van der Waals surface area (Å²) in [5, 5.41) is 2.75. The van der Waals surface area contributed by atoms with Gasteiger partial charge in [-0.15, -0.1) is 0 Å². The Balaban J connectivity index is 2.29. The Morgan fingerprint density at radius 3 is 1.81 bits per heavy atom. The lowest BCUT2D eigenvalue weighted by Gasteiger charge is -2.19. The van der Waals surface area contributed by atoms with Crippen LogP contribution < -0.4 is 5.32 Å². The van der Waals surface area contributed by atoms with Crippen LogP contribution in [-0.2, 0) is 23.9 Å². The summed E-state index contributed by atoms with van der Waals surface area (Å²) in [6.45, 7) is 4.82. The standard InChI is InChI=1S/C30H55NO5/c1-3-5-7-9-11-13-15-17-19-21-26(25-28(32)31-27-23-24-35-30(27)34)36-29(33)22-20-18-16-14-12-10-8-6-4-2/h26-27H,3-25H2,1-2H3,(H,31,32)/t26-,27+/m1/s1. The van der Waals surface area contributed by atoms with E-state index < -0.39 is 12.1 Å². The van der Waals surface area contributed by atoms with E-state index in [1.807, 2.05) is 0 Å². The van der Waals surface area contributed by atoms with Crippen LogP contribution >= 0.6 is 0 Å². The van der Waals surface area contributed by atoms with E-state index in [4.69, 9.17) is 9.47 Å². The number of unbranched alkanes of at least 4 members (excludes halogenated alkanes) is 16. The van der Waals surface area contributed by atoms with E-state index >= 15 is 0 Å². The number of rotatable bonds is 24. The van der Waals surface area contributed by atoms with E-state index in [9.17, 15) is 14.4 Å². The molecule has 1 saturated heterocycles. The monoisotopic (exact) mass is 509 g/mol. The molecule has 1 amide bonds. The van der Waals surface area contributed by atoms with Gasteiger partial charge in [-0.3, -0.25) is 9.59 Å². The van der Waals surface area contributed by atoms with Crippen molar-refractivity contribution in [3.05, 3.63) is 0 Å². The van der Waals surface area contributed by atoms with Crippen LogP contribution in [-0.4, -0.2) is 36.6 Å². The SMILES string of the molecule is CCCCCCCCCCCC(=O)O[C@H](CCCCCCCCCCC)CC(=O)N[C@H]1CCOC1=O. The first-order valence-corrected chi connectivity index (χ1v) is 15.2. The fourth-order valence-corrected chi connectivity index (χ4v) is 4.80. The summed E-state index contributed by atoms with van der Waals surface area (Å²) in [4.78, 5) is 36.6. The van der Waals surface area contributed by atoms with Crippen molar-refractivity contribution in [3.8, 4) is 0 Å². The normalized spacial score (nSPS) is 16.1. The fourth-order valence-electron chi connectivity index (χ4n) is 4.80. The molecule has 1 aliphatic rings. The first kappa shape index (κ1) is 32.4. The van der Waals surface area contributed by atoms with E-state index in [1.54, 1.807) is 0 Å². The first-order valence-electron chi connectivity index (χ1n) is 15.2. The molecule has 0 spiro atoms. The highest BCUT2D eigenvalue weighted by molar-refractivity contribution is 5.85. The molecule has 210 valence electrons. The lowest BCUT2D eigenvalue weighted by Crippen LogP contribution is -2.39. The third-order valence-corrected chi connectivity index (χ3v) is 7.10. The smallest absolute Gasteiger partial charge is 0.328 e. The zero-order valence-electron chi connectivity index (χ0n) is 23.5. The summed E-state index contributed by atoms with van der Waals surface area (Å²) in [5.74, 6) is -0.816. The maximum Gasteiger partial charge on any atom is 0.328 e. The Bertz CT molecular complexity index is 580. The van der Waals surface area contributed by atoms with Crippen molar-refractivity contribution in [1.82, 2.24) is 5.32 Å². The number of hydrogen-bond donors (Lipinski definition) is 1. The lowest BCUT2D eigenvalue weighted by atomic mass is 10.0. The van der Waals surface area contributed by atoms with Crippen LogP contribution in [0.25, 0.3) is 0 Å². The van der Waals surface area contributed by atoms with Crippen LogP contribution in [0.2, 0.25) is 0 Å². The predicted molar refractivity (Wildman–Crippen MR) is 146 cm³/mol. The van der Waals surface area contributed by atoms with Gasteiger partial charge in [0.15, 0.2) is 0 Å². The van der Waals surface area contributed by atoms with Crippen molar-refractivity contribution in [2.24, 2.45) is 0 Å². The average Bonchev–Trinajstić information content (AvgIpc) is 3.25. The molecule has 6 heteroatoms. The van der Waals surface area contributed by atoms with E-state index in [0.717, 1.165) is 25.7 Å². The summed E-state index contributed by atoms with van der Waals surface area (Å²) < 4.78 is 10.7. The molecule has 6 nitrogen and oxygen atoms in total. The van der Waals surface area contributed by atoms with Gasteiger partial charge in [-0.1, -0.05) is 117 Å². The number of cyclic esters (lactones) is 1. The van der Waals surface area contributed by atoms with Crippen molar-refractivity contribution < 1.29 is 23.9 Å². The van der Waals surface area contributed by atoms with Gasteiger partial charge in [-0.05, 0) is 19.3 Å². The van der Waals surface area contributed by atoms with Gasteiger partial charge in [0.25, 0.3) is 0 Å². The highest BCUT2D eigenvalue weighted by atomic mass is 16.5. The largest absolute Gasteiger partial charge is 0.464 e. The molecule has 0 bridgehead atoms. The molecule has 0 aromatic carbocycles. The number of carbonyl (C=O) groups is 3. The molecule has 1 heterocycles. The van der Waals surface area contributed by atoms with Gasteiger partial charge in [-0.25, -0.2) is 4.79 Å². The van der Waals surface area contributed by atoms with Crippen molar-refractivity contribution in [2.45, 2.75) is 167 Å². The van der Waals surface area contributed by atoms with Crippen molar-refractivity contribution in [3.63, 3.8) is 0 Å². The molecule has 0 radical (unpaired) electrons. The molecular weight excluding hydrogens is 454 g/mol. The fraction of sp³-hybridized carbons (Fsp3) is 0.900. The number of carbonyl (C=O) groups excluding carboxylic acids is 3. The Kier molecular flexibility index (Phi) is 20.4. The minimum Gasteiger partial charge on any atom is -0.464 e. The molecule has 0 saturated carbocycles. The number of ether oxygens (including phenoxy) is 2. The summed E-state index contributed by atoms with van der Waals surface area (Å²) in [6, 6.07) is -0.566. The van der Waals surface area contributed by atoms with Crippen LogP contribution in [0.3, 0.4) is 0 Å². The molecular formula is C30H55NO5. The van der Waals surface area contributed by atoms with Gasteiger partial charge in [0.1, 0.15) is 12.1 Å². The zero-order valence-corrected chi connectivity index (χ0v) is 23.5. The lowest BCUT2D eigenvalue weighted by molar-refractivity contribution is -0.151. The molecule has 2 atom stereocenters. The van der Waals surface area contributed by atoms with E-state index in [0.29, 0.717) is 25.9 Å². The third kappa shape index (κ3) is 17.8. The first-order chi connectivity index (χ1) is 17.6. The molecule has 0 aromatic rings. The highest BCUT2D eigenvalue weighted by Gasteiger charge is 2.29. The van der Waals surface area contributed by atoms with Gasteiger partial charge in [0, 0.05) is 12.8 Å². The summed E-state index contributed by atoms with van der Waals surface area (Å²) >= 11 is 0. The predicted octanol–water partition coefficient (Wildman–Crippen LogP) is 7.56. The Morgan fingerprint density at radius 2 is 1.31 bits per heavy atom. The minimum atomic E-state index is -0.566. The van der Waals surface area contributed by atoms with Crippen LogP contribution in [0, 0.1) is 0 Å². The summed E-state index contributed by atoms with van der Waals surface area (Å²) in [6.07, 6.45) is 23.2. The minimum absolute atomic E-state index is 0.115. The molecule has 0 aliphatic carbocycles. The number of hydrogen-bond acceptors (Lipinski definition) is 5. The highest BCUT2D eigenvalue weighted by Crippen LogP contribution is 2.17. The van der Waals surface area contributed by atoms with Crippen molar-refractivity contribution in [2.75, 3.05) is 6.61 Å². The second-order valence-electron chi connectivity index (χ2n) is 10.6. The van der Waals surface area contributed by atoms with Gasteiger partial charge < -0.3 is 14.8 Å². The molecule has 1 N–H and O–H groups in total. The number of amides is 1. The maximum absolute atomic E-state index is 12.5. The van der Waals surface area contributed by atoms with E-state index in [1.165, 1.54) is 89.9 Å². The van der Waals surface area contributed by atoms with Crippen molar-refractivity contribution in [1.29, 1.82) is 0 Å². The van der Waals surface area contributed by atoms with Crippen molar-refractivity contribution >= 4 is 17.8 Å².